The summed E-state index contributed by atoms with van der Waals surface area (Å²) < 4.78 is 38.3. The van der Waals surface area contributed by atoms with Crippen molar-refractivity contribution >= 4 is 0 Å². The SMILES string of the molecule is c1ccc2c(c1)CCCCO2.c1ccc2c(c1)CCCCO2.c1ccc2c(c1)CCCOC2.c1ccc2c(c1)CCCOC2.c1ccc2c(c1)CNCCO2.c1ccc2c(c1)OCCCO2. The highest BCUT2D eigenvalue weighted by Crippen LogP contribution is 2.28. The molecular formula is C58H69NO7. The Balaban J connectivity index is 0.000000118. The van der Waals surface area contributed by atoms with E-state index in [4.69, 9.17) is 33.2 Å². The summed E-state index contributed by atoms with van der Waals surface area (Å²) in [6.45, 7) is 9.36. The van der Waals surface area contributed by atoms with E-state index in [0.717, 1.165) is 121 Å². The van der Waals surface area contributed by atoms with Crippen LogP contribution < -0.4 is 29.0 Å². The molecule has 348 valence electrons. The van der Waals surface area contributed by atoms with Crippen molar-refractivity contribution in [2.24, 2.45) is 0 Å². The molecule has 0 radical (unpaired) electrons. The Kier molecular flexibility index (Phi) is 20.6. The topological polar surface area (TPSA) is 76.6 Å². The number of hydrogen-bond donors (Lipinski definition) is 1. The second-order valence-corrected chi connectivity index (χ2v) is 16.8. The minimum atomic E-state index is 0.761. The van der Waals surface area contributed by atoms with E-state index in [9.17, 15) is 0 Å². The average Bonchev–Trinajstić information content (AvgIpc) is 4.07. The van der Waals surface area contributed by atoms with Gasteiger partial charge in [-0.2, -0.15) is 0 Å². The molecule has 1 N–H and O–H groups in total. The quantitative estimate of drug-likeness (QED) is 0.162. The molecule has 0 amide bonds. The molecule has 8 nitrogen and oxygen atoms in total. The van der Waals surface area contributed by atoms with Crippen LogP contribution in [0.1, 0.15) is 83.9 Å². The third-order valence-corrected chi connectivity index (χ3v) is 11.8. The van der Waals surface area contributed by atoms with E-state index in [1.54, 1.807) is 0 Å². The van der Waals surface area contributed by atoms with Crippen LogP contribution in [-0.2, 0) is 54.9 Å². The lowest BCUT2D eigenvalue weighted by molar-refractivity contribution is 0.125. The molecule has 0 saturated carbocycles. The van der Waals surface area contributed by atoms with Gasteiger partial charge in [0.1, 0.15) is 23.9 Å². The number of hydrogen-bond acceptors (Lipinski definition) is 8. The zero-order chi connectivity index (χ0) is 45.1. The molecule has 0 aliphatic carbocycles. The zero-order valence-electron chi connectivity index (χ0n) is 38.8. The lowest BCUT2D eigenvalue weighted by Gasteiger charge is -2.04. The smallest absolute Gasteiger partial charge is 0.161 e. The van der Waals surface area contributed by atoms with Gasteiger partial charge in [-0.3, -0.25) is 0 Å². The van der Waals surface area contributed by atoms with Crippen molar-refractivity contribution in [2.75, 3.05) is 52.8 Å². The number of benzene rings is 6. The van der Waals surface area contributed by atoms with Gasteiger partial charge < -0.3 is 38.5 Å². The molecule has 6 aromatic carbocycles. The van der Waals surface area contributed by atoms with Crippen molar-refractivity contribution in [1.29, 1.82) is 0 Å². The summed E-state index contributed by atoms with van der Waals surface area (Å²) in [7, 11) is 0. The summed E-state index contributed by atoms with van der Waals surface area (Å²) in [4.78, 5) is 0. The van der Waals surface area contributed by atoms with Crippen molar-refractivity contribution in [3.63, 3.8) is 0 Å². The van der Waals surface area contributed by atoms with Crippen LogP contribution in [0.15, 0.2) is 146 Å². The largest absolute Gasteiger partial charge is 0.493 e. The van der Waals surface area contributed by atoms with Crippen LogP contribution in [-0.4, -0.2) is 52.8 Å². The van der Waals surface area contributed by atoms with Gasteiger partial charge in [0, 0.05) is 38.3 Å². The van der Waals surface area contributed by atoms with Crippen LogP contribution in [0.4, 0.5) is 0 Å². The summed E-state index contributed by atoms with van der Waals surface area (Å²) in [5.74, 6) is 4.93. The van der Waals surface area contributed by atoms with Crippen LogP contribution >= 0.6 is 0 Å². The maximum atomic E-state index is 5.55. The zero-order valence-corrected chi connectivity index (χ0v) is 38.8. The first kappa shape index (κ1) is 48.1. The van der Waals surface area contributed by atoms with Gasteiger partial charge in [0.05, 0.1) is 39.6 Å². The van der Waals surface area contributed by atoms with Gasteiger partial charge >= 0.3 is 0 Å². The number of ether oxygens (including phenoxy) is 7. The molecule has 66 heavy (non-hydrogen) atoms. The first-order valence-corrected chi connectivity index (χ1v) is 24.3. The van der Waals surface area contributed by atoms with Crippen molar-refractivity contribution in [3.8, 4) is 28.7 Å². The van der Waals surface area contributed by atoms with E-state index < -0.39 is 0 Å². The van der Waals surface area contributed by atoms with Gasteiger partial charge in [-0.05, 0) is 128 Å². The maximum Gasteiger partial charge on any atom is 0.161 e. The third kappa shape index (κ3) is 16.3. The maximum absolute atomic E-state index is 5.55. The van der Waals surface area contributed by atoms with Crippen LogP contribution in [0.5, 0.6) is 28.7 Å². The normalized spacial score (nSPS) is 16.5. The van der Waals surface area contributed by atoms with E-state index in [0.29, 0.717) is 0 Å². The Morgan fingerprint density at radius 2 is 0.621 bits per heavy atom. The molecule has 0 aromatic heterocycles. The van der Waals surface area contributed by atoms with Crippen LogP contribution in [0.25, 0.3) is 0 Å². The molecule has 0 spiro atoms. The van der Waals surface area contributed by atoms with Gasteiger partial charge in [0.15, 0.2) is 11.5 Å². The van der Waals surface area contributed by atoms with Gasteiger partial charge in [-0.1, -0.05) is 115 Å². The van der Waals surface area contributed by atoms with Crippen molar-refractivity contribution in [2.45, 2.75) is 90.4 Å². The monoisotopic (exact) mass is 892 g/mol. The Hall–Kier alpha value is -5.80. The van der Waals surface area contributed by atoms with Gasteiger partial charge in [-0.25, -0.2) is 0 Å². The summed E-state index contributed by atoms with van der Waals surface area (Å²) in [5.41, 5.74) is 9.64. The van der Waals surface area contributed by atoms with Crippen molar-refractivity contribution in [3.05, 3.63) is 185 Å². The Morgan fingerprint density at radius 3 is 1.12 bits per heavy atom. The summed E-state index contributed by atoms with van der Waals surface area (Å²) in [5, 5.41) is 3.28. The van der Waals surface area contributed by atoms with E-state index in [1.165, 1.54) is 90.3 Å². The molecule has 0 atom stereocenters. The second-order valence-electron chi connectivity index (χ2n) is 16.8. The first-order chi connectivity index (χ1) is 32.8. The van der Waals surface area contributed by atoms with E-state index in [2.05, 4.69) is 96.3 Å². The van der Waals surface area contributed by atoms with Crippen LogP contribution in [0.2, 0.25) is 0 Å². The fourth-order valence-electron chi connectivity index (χ4n) is 8.24. The summed E-state index contributed by atoms with van der Waals surface area (Å²) in [6, 6.07) is 49.6. The Morgan fingerprint density at radius 1 is 0.273 bits per heavy atom. The number of fused-ring (bicyclic) bond motifs is 6. The second kappa shape index (κ2) is 28.3. The van der Waals surface area contributed by atoms with Gasteiger partial charge in [0.25, 0.3) is 0 Å². The predicted octanol–water partition coefficient (Wildman–Crippen LogP) is 12.1. The molecule has 0 bridgehead atoms. The molecule has 0 unspecified atom stereocenters. The van der Waals surface area contributed by atoms with E-state index >= 15 is 0 Å². The third-order valence-electron chi connectivity index (χ3n) is 11.8. The summed E-state index contributed by atoms with van der Waals surface area (Å²) >= 11 is 0. The molecule has 6 aromatic rings. The predicted molar refractivity (Wildman–Crippen MR) is 264 cm³/mol. The molecule has 6 heterocycles. The highest BCUT2D eigenvalue weighted by atomic mass is 16.5. The van der Waals surface area contributed by atoms with Gasteiger partial charge in [-0.15, -0.1) is 0 Å². The number of aryl methyl sites for hydroxylation is 4. The lowest BCUT2D eigenvalue weighted by atomic mass is 10.1. The highest BCUT2D eigenvalue weighted by molar-refractivity contribution is 5.40. The van der Waals surface area contributed by atoms with Gasteiger partial charge in [0.2, 0.25) is 0 Å². The fraction of sp³-hybridized carbons (Fsp3) is 0.379. The van der Waals surface area contributed by atoms with Crippen LogP contribution in [0, 0.1) is 0 Å². The molecule has 12 rings (SSSR count). The Labute approximate surface area is 393 Å². The van der Waals surface area contributed by atoms with Crippen molar-refractivity contribution in [1.82, 2.24) is 5.32 Å². The van der Waals surface area contributed by atoms with Crippen molar-refractivity contribution < 1.29 is 33.2 Å². The molecule has 0 saturated heterocycles. The number of rotatable bonds is 0. The fourth-order valence-corrected chi connectivity index (χ4v) is 8.24. The summed E-state index contributed by atoms with van der Waals surface area (Å²) in [6.07, 6.45) is 12.9. The standard InChI is InChI=1S/4C10H12O.C9H11NO.C9H10O2/c2*1-2-7-10-9(5-1)6-3-4-8-11-10;2*1-2-5-10-8-11-7-3-6-9(10)4-1;1-2-4-9-8(3-1)7-10-5-6-11-9;1-2-5-9-8(4-1)10-6-3-7-11-9/h2*1-2,5,7H,3-4,6,8H2;2*1-2,4-5H,3,6-8H2;1-4,10H,5-7H2;1-2,4-5H,3,6-7H2. The molecule has 6 aliphatic rings. The van der Waals surface area contributed by atoms with Crippen LogP contribution in [0.3, 0.4) is 0 Å². The highest BCUT2D eigenvalue weighted by Gasteiger charge is 2.10. The molecule has 6 aliphatic heterocycles. The number of nitrogens with one attached hydrogen (secondary N) is 1. The van der Waals surface area contributed by atoms with E-state index in [1.807, 2.05) is 54.6 Å². The van der Waals surface area contributed by atoms with E-state index in [-0.39, 0.29) is 0 Å². The minimum Gasteiger partial charge on any atom is -0.493 e. The lowest BCUT2D eigenvalue weighted by Crippen LogP contribution is -2.16. The first-order valence-electron chi connectivity index (χ1n) is 24.3. The molecule has 0 fully saturated rings. The molecular weight excluding hydrogens is 823 g/mol. The Bertz CT molecular complexity index is 1730. The minimum absolute atomic E-state index is 0.761. The number of para-hydroxylation sites is 5. The molecule has 8 heteroatoms. The average molecular weight is 892 g/mol.